The number of ether oxygens (including phenoxy) is 1. The maximum atomic E-state index is 5.55. The molecule has 2 rings (SSSR count). The van der Waals surface area contributed by atoms with Crippen molar-refractivity contribution in [3.63, 3.8) is 0 Å². The molecule has 1 aliphatic heterocycles. The van der Waals surface area contributed by atoms with E-state index in [1.54, 1.807) is 0 Å². The summed E-state index contributed by atoms with van der Waals surface area (Å²) in [6.07, 6.45) is 6.58. The molecule has 0 aromatic carbocycles. The zero-order valence-corrected chi connectivity index (χ0v) is 9.20. The van der Waals surface area contributed by atoms with Gasteiger partial charge in [0.05, 0.1) is 6.10 Å². The summed E-state index contributed by atoms with van der Waals surface area (Å²) in [5, 5.41) is 3.43. The minimum Gasteiger partial charge on any atom is -0.377 e. The van der Waals surface area contributed by atoms with Crippen molar-refractivity contribution in [2.45, 2.75) is 32.4 Å². The monoisotopic (exact) mass is 206 g/mol. The second kappa shape index (κ2) is 5.24. The third-order valence-electron chi connectivity index (χ3n) is 2.85. The summed E-state index contributed by atoms with van der Waals surface area (Å²) >= 11 is 0. The molecule has 1 fully saturated rings. The fourth-order valence-electron chi connectivity index (χ4n) is 1.87. The average Bonchev–Trinajstić information content (AvgIpc) is 2.74. The Bertz CT molecular complexity index is 308. The van der Waals surface area contributed by atoms with Gasteiger partial charge in [0.1, 0.15) is 0 Å². The molecule has 1 N–H and O–H groups in total. The van der Waals surface area contributed by atoms with Gasteiger partial charge < -0.3 is 10.1 Å². The first-order valence-corrected chi connectivity index (χ1v) is 5.58. The predicted octanol–water partition coefficient (Wildman–Crippen LogP) is 1.66. The van der Waals surface area contributed by atoms with Crippen LogP contribution in [0.1, 0.15) is 24.0 Å². The van der Waals surface area contributed by atoms with Crippen LogP contribution in [0.25, 0.3) is 0 Å². The van der Waals surface area contributed by atoms with E-state index in [0.29, 0.717) is 6.10 Å². The standard InChI is InChI=1S/C12H18N2O/c1-10-7-13-5-4-11(10)8-14-9-12-3-2-6-15-12/h4-5,7,12,14H,2-3,6,8-9H2,1H3. The van der Waals surface area contributed by atoms with Crippen LogP contribution in [0.15, 0.2) is 18.5 Å². The summed E-state index contributed by atoms with van der Waals surface area (Å²) in [6.45, 7) is 4.90. The second-order valence-corrected chi connectivity index (χ2v) is 4.07. The first-order valence-electron chi connectivity index (χ1n) is 5.58. The maximum absolute atomic E-state index is 5.55. The number of nitrogens with zero attached hydrogens (tertiary/aromatic N) is 1. The first-order chi connectivity index (χ1) is 7.36. The zero-order valence-electron chi connectivity index (χ0n) is 9.20. The topological polar surface area (TPSA) is 34.2 Å². The molecule has 0 spiro atoms. The Morgan fingerprint density at radius 1 is 1.60 bits per heavy atom. The van der Waals surface area contributed by atoms with E-state index in [4.69, 9.17) is 4.74 Å². The first kappa shape index (κ1) is 10.6. The third-order valence-corrected chi connectivity index (χ3v) is 2.85. The Morgan fingerprint density at radius 3 is 3.27 bits per heavy atom. The fourth-order valence-corrected chi connectivity index (χ4v) is 1.87. The molecular formula is C12H18N2O. The molecule has 15 heavy (non-hydrogen) atoms. The van der Waals surface area contributed by atoms with Gasteiger partial charge >= 0.3 is 0 Å². The Hall–Kier alpha value is -0.930. The lowest BCUT2D eigenvalue weighted by Gasteiger charge is -2.11. The van der Waals surface area contributed by atoms with Crippen LogP contribution in [0.4, 0.5) is 0 Å². The summed E-state index contributed by atoms with van der Waals surface area (Å²) in [7, 11) is 0. The second-order valence-electron chi connectivity index (χ2n) is 4.07. The van der Waals surface area contributed by atoms with E-state index in [0.717, 1.165) is 19.7 Å². The number of hydrogen-bond donors (Lipinski definition) is 1. The highest BCUT2D eigenvalue weighted by Gasteiger charge is 2.14. The lowest BCUT2D eigenvalue weighted by atomic mass is 10.1. The number of nitrogens with one attached hydrogen (secondary N) is 1. The molecule has 1 saturated heterocycles. The third kappa shape index (κ3) is 3.01. The lowest BCUT2D eigenvalue weighted by Crippen LogP contribution is -2.26. The smallest absolute Gasteiger partial charge is 0.0700 e. The largest absolute Gasteiger partial charge is 0.377 e. The van der Waals surface area contributed by atoms with Gasteiger partial charge in [-0.05, 0) is 37.0 Å². The van der Waals surface area contributed by atoms with Crippen molar-refractivity contribution >= 4 is 0 Å². The highest BCUT2D eigenvalue weighted by molar-refractivity contribution is 5.21. The van der Waals surface area contributed by atoms with Crippen molar-refractivity contribution in [2.24, 2.45) is 0 Å². The van der Waals surface area contributed by atoms with Gasteiger partial charge in [-0.15, -0.1) is 0 Å². The predicted molar refractivity (Wildman–Crippen MR) is 59.7 cm³/mol. The van der Waals surface area contributed by atoms with E-state index in [1.807, 2.05) is 12.4 Å². The molecular weight excluding hydrogens is 188 g/mol. The van der Waals surface area contributed by atoms with Gasteiger partial charge in [0, 0.05) is 32.1 Å². The van der Waals surface area contributed by atoms with Crippen molar-refractivity contribution in [1.82, 2.24) is 10.3 Å². The Kier molecular flexibility index (Phi) is 3.69. The van der Waals surface area contributed by atoms with Crippen LogP contribution in [0.2, 0.25) is 0 Å². The van der Waals surface area contributed by atoms with Gasteiger partial charge in [0.25, 0.3) is 0 Å². The maximum Gasteiger partial charge on any atom is 0.0700 e. The van der Waals surface area contributed by atoms with Gasteiger partial charge in [-0.25, -0.2) is 0 Å². The summed E-state index contributed by atoms with van der Waals surface area (Å²) in [6, 6.07) is 2.07. The van der Waals surface area contributed by atoms with Crippen molar-refractivity contribution in [1.29, 1.82) is 0 Å². The van der Waals surface area contributed by atoms with E-state index in [-0.39, 0.29) is 0 Å². The van der Waals surface area contributed by atoms with Crippen LogP contribution < -0.4 is 5.32 Å². The zero-order chi connectivity index (χ0) is 10.5. The van der Waals surface area contributed by atoms with Crippen LogP contribution in [0, 0.1) is 6.92 Å². The lowest BCUT2D eigenvalue weighted by molar-refractivity contribution is 0.110. The quantitative estimate of drug-likeness (QED) is 0.813. The van der Waals surface area contributed by atoms with E-state index in [1.165, 1.54) is 24.0 Å². The molecule has 3 heteroatoms. The van der Waals surface area contributed by atoms with E-state index >= 15 is 0 Å². The van der Waals surface area contributed by atoms with Crippen molar-refractivity contribution in [3.8, 4) is 0 Å². The molecule has 0 radical (unpaired) electrons. The number of aryl methyl sites for hydroxylation is 1. The molecule has 1 atom stereocenters. The normalized spacial score (nSPS) is 20.7. The minimum absolute atomic E-state index is 0.423. The number of pyridine rings is 1. The van der Waals surface area contributed by atoms with Crippen LogP contribution in [0.3, 0.4) is 0 Å². The highest BCUT2D eigenvalue weighted by Crippen LogP contribution is 2.11. The van der Waals surface area contributed by atoms with Crippen molar-refractivity contribution in [2.75, 3.05) is 13.2 Å². The van der Waals surface area contributed by atoms with Crippen molar-refractivity contribution in [3.05, 3.63) is 29.6 Å². The van der Waals surface area contributed by atoms with E-state index in [9.17, 15) is 0 Å². The molecule has 82 valence electrons. The van der Waals surface area contributed by atoms with Crippen LogP contribution >= 0.6 is 0 Å². The van der Waals surface area contributed by atoms with Crippen molar-refractivity contribution < 1.29 is 4.74 Å². The summed E-state index contributed by atoms with van der Waals surface area (Å²) in [5.41, 5.74) is 2.57. The van der Waals surface area contributed by atoms with E-state index < -0.39 is 0 Å². The summed E-state index contributed by atoms with van der Waals surface area (Å²) in [5.74, 6) is 0. The molecule has 1 aromatic heterocycles. The molecule has 3 nitrogen and oxygen atoms in total. The number of hydrogen-bond acceptors (Lipinski definition) is 3. The molecule has 0 bridgehead atoms. The van der Waals surface area contributed by atoms with Gasteiger partial charge in [0.2, 0.25) is 0 Å². The minimum atomic E-state index is 0.423. The van der Waals surface area contributed by atoms with Crippen LogP contribution in [-0.4, -0.2) is 24.2 Å². The van der Waals surface area contributed by atoms with Gasteiger partial charge in [-0.2, -0.15) is 0 Å². The molecule has 1 unspecified atom stereocenters. The summed E-state index contributed by atoms with van der Waals surface area (Å²) in [4.78, 5) is 4.08. The molecule has 0 saturated carbocycles. The molecule has 0 amide bonds. The Morgan fingerprint density at radius 2 is 2.53 bits per heavy atom. The molecule has 2 heterocycles. The SMILES string of the molecule is Cc1cnccc1CNCC1CCCO1. The summed E-state index contributed by atoms with van der Waals surface area (Å²) < 4.78 is 5.55. The Balaban J connectivity index is 1.75. The number of rotatable bonds is 4. The van der Waals surface area contributed by atoms with Crippen LogP contribution in [-0.2, 0) is 11.3 Å². The number of aromatic nitrogens is 1. The van der Waals surface area contributed by atoms with Gasteiger partial charge in [-0.3, -0.25) is 4.98 Å². The molecule has 1 aromatic rings. The van der Waals surface area contributed by atoms with Gasteiger partial charge in [0.15, 0.2) is 0 Å². The highest BCUT2D eigenvalue weighted by atomic mass is 16.5. The average molecular weight is 206 g/mol. The fraction of sp³-hybridized carbons (Fsp3) is 0.583. The Labute approximate surface area is 90.9 Å². The van der Waals surface area contributed by atoms with E-state index in [2.05, 4.69) is 23.3 Å². The van der Waals surface area contributed by atoms with Crippen LogP contribution in [0.5, 0.6) is 0 Å². The molecule has 1 aliphatic rings. The van der Waals surface area contributed by atoms with Gasteiger partial charge in [-0.1, -0.05) is 0 Å². The molecule has 0 aliphatic carbocycles.